The quantitative estimate of drug-likeness (QED) is 0.941. The van der Waals surface area contributed by atoms with E-state index in [4.69, 9.17) is 14.7 Å². The fraction of sp³-hybridized carbons (Fsp3) is 0.412. The standard InChI is InChI=1S/C17H21N3O/c1-11(2)16-14-7-8-18-10-15(14)19-17(20-16)12-5-4-6-13(9-12)21-3/h4-6,9,11,18H,7-8,10H2,1-3H3. The fourth-order valence-corrected chi connectivity index (χ4v) is 2.76. The van der Waals surface area contributed by atoms with Gasteiger partial charge in [-0.25, -0.2) is 9.97 Å². The molecular weight excluding hydrogens is 262 g/mol. The van der Waals surface area contributed by atoms with Crippen LogP contribution in [0.15, 0.2) is 24.3 Å². The Bertz CT molecular complexity index is 652. The van der Waals surface area contributed by atoms with Gasteiger partial charge >= 0.3 is 0 Å². The monoisotopic (exact) mass is 283 g/mol. The van der Waals surface area contributed by atoms with Crippen LogP contribution in [0, 0.1) is 0 Å². The Balaban J connectivity index is 2.12. The highest BCUT2D eigenvalue weighted by Crippen LogP contribution is 2.27. The molecule has 0 saturated heterocycles. The number of hydrogen-bond donors (Lipinski definition) is 1. The van der Waals surface area contributed by atoms with Crippen LogP contribution in [0.1, 0.15) is 36.7 Å². The maximum absolute atomic E-state index is 5.30. The van der Waals surface area contributed by atoms with Gasteiger partial charge < -0.3 is 10.1 Å². The summed E-state index contributed by atoms with van der Waals surface area (Å²) in [6, 6.07) is 7.93. The van der Waals surface area contributed by atoms with Gasteiger partial charge in [-0.1, -0.05) is 26.0 Å². The minimum Gasteiger partial charge on any atom is -0.497 e. The van der Waals surface area contributed by atoms with Crippen molar-refractivity contribution >= 4 is 0 Å². The molecule has 0 aliphatic carbocycles. The maximum Gasteiger partial charge on any atom is 0.159 e. The lowest BCUT2D eigenvalue weighted by atomic mass is 9.97. The molecule has 0 saturated carbocycles. The van der Waals surface area contributed by atoms with Crippen LogP contribution in [-0.2, 0) is 13.0 Å². The van der Waals surface area contributed by atoms with Crippen LogP contribution >= 0.6 is 0 Å². The largest absolute Gasteiger partial charge is 0.497 e. The normalized spacial score (nSPS) is 14.1. The van der Waals surface area contributed by atoms with E-state index in [2.05, 4.69) is 19.2 Å². The van der Waals surface area contributed by atoms with Crippen molar-refractivity contribution < 1.29 is 4.74 Å². The molecule has 3 rings (SSSR count). The fourth-order valence-electron chi connectivity index (χ4n) is 2.76. The molecule has 0 unspecified atom stereocenters. The highest BCUT2D eigenvalue weighted by Gasteiger charge is 2.19. The molecule has 0 radical (unpaired) electrons. The Kier molecular flexibility index (Phi) is 3.88. The second-order valence-electron chi connectivity index (χ2n) is 5.67. The summed E-state index contributed by atoms with van der Waals surface area (Å²) in [6.07, 6.45) is 1.02. The number of aromatic nitrogens is 2. The number of benzene rings is 1. The summed E-state index contributed by atoms with van der Waals surface area (Å²) in [7, 11) is 1.68. The molecule has 1 aliphatic heterocycles. The van der Waals surface area contributed by atoms with Crippen LogP contribution in [0.5, 0.6) is 5.75 Å². The zero-order valence-electron chi connectivity index (χ0n) is 12.8. The first-order chi connectivity index (χ1) is 10.2. The third-order valence-electron chi connectivity index (χ3n) is 3.84. The summed E-state index contributed by atoms with van der Waals surface area (Å²) >= 11 is 0. The molecule has 0 fully saturated rings. The van der Waals surface area contributed by atoms with E-state index in [-0.39, 0.29) is 0 Å². The molecule has 110 valence electrons. The van der Waals surface area contributed by atoms with Gasteiger partial charge in [0.25, 0.3) is 0 Å². The summed E-state index contributed by atoms with van der Waals surface area (Å²) < 4.78 is 5.30. The molecule has 21 heavy (non-hydrogen) atoms. The van der Waals surface area contributed by atoms with Crippen molar-refractivity contribution in [2.45, 2.75) is 32.7 Å². The number of ether oxygens (including phenoxy) is 1. The molecule has 1 aliphatic rings. The van der Waals surface area contributed by atoms with Gasteiger partial charge in [-0.2, -0.15) is 0 Å². The van der Waals surface area contributed by atoms with E-state index in [1.165, 1.54) is 11.3 Å². The molecular formula is C17H21N3O. The SMILES string of the molecule is COc1cccc(-c2nc3c(c(C(C)C)n2)CCNC3)c1. The topological polar surface area (TPSA) is 47.0 Å². The van der Waals surface area contributed by atoms with E-state index >= 15 is 0 Å². The zero-order valence-corrected chi connectivity index (χ0v) is 12.8. The maximum atomic E-state index is 5.30. The Morgan fingerprint density at radius 1 is 1.24 bits per heavy atom. The van der Waals surface area contributed by atoms with Crippen molar-refractivity contribution in [3.63, 3.8) is 0 Å². The first kappa shape index (κ1) is 14.0. The molecule has 0 bridgehead atoms. The molecule has 0 atom stereocenters. The van der Waals surface area contributed by atoms with Crippen molar-refractivity contribution in [3.05, 3.63) is 41.2 Å². The van der Waals surface area contributed by atoms with Crippen LogP contribution in [0.3, 0.4) is 0 Å². The van der Waals surface area contributed by atoms with Gasteiger partial charge in [-0.3, -0.25) is 0 Å². The molecule has 4 heteroatoms. The number of rotatable bonds is 3. The lowest BCUT2D eigenvalue weighted by Crippen LogP contribution is -2.27. The van der Waals surface area contributed by atoms with Crippen LogP contribution in [0.25, 0.3) is 11.4 Å². The summed E-state index contributed by atoms with van der Waals surface area (Å²) in [4.78, 5) is 9.61. The predicted molar refractivity (Wildman–Crippen MR) is 83.5 cm³/mol. The van der Waals surface area contributed by atoms with Crippen molar-refractivity contribution in [1.82, 2.24) is 15.3 Å². The van der Waals surface area contributed by atoms with Crippen molar-refractivity contribution in [3.8, 4) is 17.1 Å². The van der Waals surface area contributed by atoms with Gasteiger partial charge in [-0.05, 0) is 36.6 Å². The molecule has 2 aromatic rings. The molecule has 1 N–H and O–H groups in total. The second-order valence-corrected chi connectivity index (χ2v) is 5.67. The van der Waals surface area contributed by atoms with E-state index < -0.39 is 0 Å². The summed E-state index contributed by atoms with van der Waals surface area (Å²) in [5.41, 5.74) is 4.65. The van der Waals surface area contributed by atoms with Gasteiger partial charge in [-0.15, -0.1) is 0 Å². The van der Waals surface area contributed by atoms with Gasteiger partial charge in [0, 0.05) is 12.1 Å². The molecule has 1 aromatic heterocycles. The highest BCUT2D eigenvalue weighted by molar-refractivity contribution is 5.58. The minimum absolute atomic E-state index is 0.407. The molecule has 4 nitrogen and oxygen atoms in total. The van der Waals surface area contributed by atoms with Gasteiger partial charge in [0.2, 0.25) is 0 Å². The third kappa shape index (κ3) is 2.76. The summed E-state index contributed by atoms with van der Waals surface area (Å²) in [5.74, 6) is 2.03. The van der Waals surface area contributed by atoms with E-state index in [9.17, 15) is 0 Å². The van der Waals surface area contributed by atoms with Crippen LogP contribution in [0.2, 0.25) is 0 Å². The van der Waals surface area contributed by atoms with E-state index in [0.717, 1.165) is 42.3 Å². The molecule has 2 heterocycles. The van der Waals surface area contributed by atoms with Gasteiger partial charge in [0.05, 0.1) is 18.5 Å². The highest BCUT2D eigenvalue weighted by atomic mass is 16.5. The van der Waals surface area contributed by atoms with Gasteiger partial charge in [0.1, 0.15) is 5.75 Å². The van der Waals surface area contributed by atoms with Crippen molar-refractivity contribution in [2.75, 3.05) is 13.7 Å². The molecule has 0 spiro atoms. The number of nitrogens with one attached hydrogen (secondary N) is 1. The van der Waals surface area contributed by atoms with Crippen molar-refractivity contribution in [1.29, 1.82) is 0 Å². The Morgan fingerprint density at radius 2 is 2.10 bits per heavy atom. The first-order valence-corrected chi connectivity index (χ1v) is 7.44. The van der Waals surface area contributed by atoms with E-state index in [1.54, 1.807) is 7.11 Å². The predicted octanol–water partition coefficient (Wildman–Crippen LogP) is 2.92. The smallest absolute Gasteiger partial charge is 0.159 e. The van der Waals surface area contributed by atoms with Crippen molar-refractivity contribution in [2.24, 2.45) is 0 Å². The van der Waals surface area contributed by atoms with Crippen LogP contribution in [0.4, 0.5) is 0 Å². The van der Waals surface area contributed by atoms with Crippen LogP contribution in [-0.4, -0.2) is 23.6 Å². The first-order valence-electron chi connectivity index (χ1n) is 7.44. The Morgan fingerprint density at radius 3 is 2.86 bits per heavy atom. The lowest BCUT2D eigenvalue weighted by molar-refractivity contribution is 0.415. The average molecular weight is 283 g/mol. The van der Waals surface area contributed by atoms with Crippen LogP contribution < -0.4 is 10.1 Å². The summed E-state index contributed by atoms with van der Waals surface area (Å²) in [6.45, 7) is 6.23. The Labute approximate surface area is 125 Å². The minimum atomic E-state index is 0.407. The second kappa shape index (κ2) is 5.82. The molecule has 0 amide bonds. The Hall–Kier alpha value is -1.94. The number of hydrogen-bond acceptors (Lipinski definition) is 4. The number of fused-ring (bicyclic) bond motifs is 1. The number of nitrogens with zero attached hydrogens (tertiary/aromatic N) is 2. The van der Waals surface area contributed by atoms with E-state index in [1.807, 2.05) is 24.3 Å². The number of methoxy groups -OCH3 is 1. The lowest BCUT2D eigenvalue weighted by Gasteiger charge is -2.21. The van der Waals surface area contributed by atoms with Gasteiger partial charge in [0.15, 0.2) is 5.82 Å². The third-order valence-corrected chi connectivity index (χ3v) is 3.84. The molecule has 1 aromatic carbocycles. The van der Waals surface area contributed by atoms with E-state index in [0.29, 0.717) is 5.92 Å². The average Bonchev–Trinajstić information content (AvgIpc) is 2.53. The summed E-state index contributed by atoms with van der Waals surface area (Å²) in [5, 5.41) is 3.39. The zero-order chi connectivity index (χ0) is 14.8.